The molecule has 4 nitrogen and oxygen atoms in total. The molecule has 3 aromatic carbocycles. The zero-order chi connectivity index (χ0) is 27.4. The highest BCUT2D eigenvalue weighted by molar-refractivity contribution is 5.78. The number of aliphatic carboxylic acids is 1. The Bertz CT molecular complexity index is 1410. The number of hydrogen-bond acceptors (Lipinski definition) is 3. The van der Waals surface area contributed by atoms with Gasteiger partial charge in [0, 0.05) is 23.7 Å². The molecule has 3 atom stereocenters. The Kier molecular flexibility index (Phi) is 6.59. The lowest BCUT2D eigenvalue weighted by molar-refractivity contribution is -0.139. The molecule has 1 saturated carbocycles. The second kappa shape index (κ2) is 9.49. The first-order valence-electron chi connectivity index (χ1n) is 13.1. The molecule has 0 radical (unpaired) electrons. The lowest BCUT2D eigenvalue weighted by Crippen LogP contribution is -2.21. The average Bonchev–Trinajstić information content (AvgIpc) is 3.47. The molecule has 6 heteroatoms. The number of carboxylic acid groups (broad SMARTS) is 1. The molecule has 1 spiro atoms. The molecule has 0 aromatic heterocycles. The van der Waals surface area contributed by atoms with E-state index in [0.717, 1.165) is 27.8 Å². The molecule has 0 saturated heterocycles. The molecule has 0 heterocycles. The summed E-state index contributed by atoms with van der Waals surface area (Å²) in [6.07, 6.45) is 1.49. The van der Waals surface area contributed by atoms with E-state index in [9.17, 15) is 14.3 Å². The number of carbonyl (C=O) groups is 1. The van der Waals surface area contributed by atoms with Crippen LogP contribution >= 0.6 is 0 Å². The number of rotatable bonds is 7. The second-order valence-corrected chi connectivity index (χ2v) is 11.8. The van der Waals surface area contributed by atoms with E-state index in [0.29, 0.717) is 30.4 Å². The van der Waals surface area contributed by atoms with E-state index in [1.807, 2.05) is 37.3 Å². The lowest BCUT2D eigenvalue weighted by Gasteiger charge is -2.32. The SMILES string of the molecule is CO[C@@H](c1cc(COc2ccc3c(c2F)[C@@]2(CC3)C[C@@H]2C(=O)O)ccc1-c1cc(C)ccc1F)C(C)(C)C. The van der Waals surface area contributed by atoms with E-state index < -0.39 is 23.1 Å². The van der Waals surface area contributed by atoms with Gasteiger partial charge in [0.2, 0.25) is 0 Å². The molecule has 0 amide bonds. The molecule has 1 N–H and O–H groups in total. The number of hydrogen-bond donors (Lipinski definition) is 1. The van der Waals surface area contributed by atoms with Crippen LogP contribution in [0.2, 0.25) is 0 Å². The molecule has 1 fully saturated rings. The Hall–Kier alpha value is -3.25. The summed E-state index contributed by atoms with van der Waals surface area (Å²) in [6, 6.07) is 14.2. The van der Waals surface area contributed by atoms with Gasteiger partial charge in [-0.1, -0.05) is 50.6 Å². The Morgan fingerprint density at radius 2 is 1.87 bits per heavy atom. The summed E-state index contributed by atoms with van der Waals surface area (Å²) in [7, 11) is 1.65. The summed E-state index contributed by atoms with van der Waals surface area (Å²) in [5, 5.41) is 9.51. The molecule has 200 valence electrons. The number of methoxy groups -OCH3 is 1. The van der Waals surface area contributed by atoms with Crippen LogP contribution in [0.15, 0.2) is 48.5 Å². The number of fused-ring (bicyclic) bond motifs is 2. The molecule has 0 aliphatic heterocycles. The van der Waals surface area contributed by atoms with Crippen molar-refractivity contribution in [1.82, 2.24) is 0 Å². The third-order valence-corrected chi connectivity index (χ3v) is 8.13. The number of halogens is 2. The topological polar surface area (TPSA) is 55.8 Å². The molecule has 2 aliphatic carbocycles. The summed E-state index contributed by atoms with van der Waals surface area (Å²) >= 11 is 0. The van der Waals surface area contributed by atoms with Crippen LogP contribution < -0.4 is 4.74 Å². The first kappa shape index (κ1) is 26.4. The summed E-state index contributed by atoms with van der Waals surface area (Å²) in [6.45, 7) is 8.24. The highest BCUT2D eigenvalue weighted by Crippen LogP contribution is 2.62. The highest BCUT2D eigenvalue weighted by Gasteiger charge is 2.63. The van der Waals surface area contributed by atoms with Crippen LogP contribution in [0.5, 0.6) is 5.75 Å². The van der Waals surface area contributed by atoms with E-state index >= 15 is 4.39 Å². The number of carboxylic acids is 1. The molecule has 38 heavy (non-hydrogen) atoms. The predicted octanol–water partition coefficient (Wildman–Crippen LogP) is 7.54. The maximum Gasteiger partial charge on any atom is 0.307 e. The minimum Gasteiger partial charge on any atom is -0.486 e. The second-order valence-electron chi connectivity index (χ2n) is 11.8. The highest BCUT2D eigenvalue weighted by atomic mass is 19.1. The van der Waals surface area contributed by atoms with E-state index in [1.54, 1.807) is 19.2 Å². The van der Waals surface area contributed by atoms with Gasteiger partial charge in [0.15, 0.2) is 11.6 Å². The third-order valence-electron chi connectivity index (χ3n) is 8.13. The van der Waals surface area contributed by atoms with E-state index in [2.05, 4.69) is 20.8 Å². The van der Waals surface area contributed by atoms with Gasteiger partial charge < -0.3 is 14.6 Å². The first-order chi connectivity index (χ1) is 18.0. The van der Waals surface area contributed by atoms with Gasteiger partial charge in [-0.25, -0.2) is 8.78 Å². The maximum absolute atomic E-state index is 15.7. The Morgan fingerprint density at radius 1 is 1.11 bits per heavy atom. The van der Waals surface area contributed by atoms with Crippen molar-refractivity contribution in [3.8, 4) is 16.9 Å². The minimum atomic E-state index is -0.868. The molecular formula is C32H34F2O4. The number of aryl methyl sites for hydroxylation is 2. The van der Waals surface area contributed by atoms with Crippen LogP contribution in [0.1, 0.15) is 67.5 Å². The molecule has 0 bridgehead atoms. The van der Waals surface area contributed by atoms with Crippen molar-refractivity contribution in [2.24, 2.45) is 11.3 Å². The summed E-state index contributed by atoms with van der Waals surface area (Å²) in [5.41, 5.74) is 4.36. The van der Waals surface area contributed by atoms with Gasteiger partial charge in [-0.2, -0.15) is 0 Å². The quantitative estimate of drug-likeness (QED) is 0.350. The van der Waals surface area contributed by atoms with Gasteiger partial charge in [-0.3, -0.25) is 4.79 Å². The van der Waals surface area contributed by atoms with E-state index in [4.69, 9.17) is 9.47 Å². The summed E-state index contributed by atoms with van der Waals surface area (Å²) in [5.74, 6) is -2.04. The monoisotopic (exact) mass is 520 g/mol. The molecule has 2 aliphatic rings. The summed E-state index contributed by atoms with van der Waals surface area (Å²) in [4.78, 5) is 11.6. The van der Waals surface area contributed by atoms with Crippen LogP contribution in [0.3, 0.4) is 0 Å². The molecule has 3 aromatic rings. The van der Waals surface area contributed by atoms with Gasteiger partial charge in [0.1, 0.15) is 12.4 Å². The summed E-state index contributed by atoms with van der Waals surface area (Å²) < 4.78 is 42.5. The standard InChI is InChI=1S/C32H34F2O4/c1-18-6-10-25(33)22(14-18)21-9-7-19(15-23(21)29(37-5)31(2,3)4)17-38-26-11-8-20-12-13-32(27(20)28(26)34)16-24(32)30(35)36/h6-11,14-15,24,29H,12-13,16-17H2,1-5H3,(H,35,36)/t24-,29+,32+/m1/s1. The van der Waals surface area contributed by atoms with Crippen molar-refractivity contribution in [3.05, 3.63) is 88.0 Å². The Labute approximate surface area is 222 Å². The normalized spacial score (nSPS) is 20.9. The number of ether oxygens (including phenoxy) is 2. The fraction of sp³-hybridized carbons (Fsp3) is 0.406. The lowest BCUT2D eigenvalue weighted by atomic mass is 9.81. The fourth-order valence-electron chi connectivity index (χ4n) is 6.24. The van der Waals surface area contributed by atoms with Crippen LogP contribution in [-0.4, -0.2) is 18.2 Å². The first-order valence-corrected chi connectivity index (χ1v) is 13.1. The maximum atomic E-state index is 15.7. The largest absolute Gasteiger partial charge is 0.486 e. The molecule has 0 unspecified atom stereocenters. The third kappa shape index (κ3) is 4.49. The zero-order valence-corrected chi connectivity index (χ0v) is 22.5. The van der Waals surface area contributed by atoms with Crippen LogP contribution in [0.4, 0.5) is 8.78 Å². The van der Waals surface area contributed by atoms with Crippen LogP contribution in [0.25, 0.3) is 11.1 Å². The number of benzene rings is 3. The van der Waals surface area contributed by atoms with E-state index in [1.165, 1.54) is 6.07 Å². The average molecular weight is 521 g/mol. The van der Waals surface area contributed by atoms with Crippen molar-refractivity contribution in [1.29, 1.82) is 0 Å². The van der Waals surface area contributed by atoms with Crippen molar-refractivity contribution < 1.29 is 28.2 Å². The van der Waals surface area contributed by atoms with Gasteiger partial charge in [-0.15, -0.1) is 0 Å². The minimum absolute atomic E-state index is 0.106. The smallest absolute Gasteiger partial charge is 0.307 e. The van der Waals surface area contributed by atoms with Crippen molar-refractivity contribution in [2.75, 3.05) is 7.11 Å². The van der Waals surface area contributed by atoms with Gasteiger partial charge in [0.25, 0.3) is 0 Å². The fourth-order valence-corrected chi connectivity index (χ4v) is 6.24. The Morgan fingerprint density at radius 3 is 2.53 bits per heavy atom. The van der Waals surface area contributed by atoms with E-state index in [-0.39, 0.29) is 29.7 Å². The predicted molar refractivity (Wildman–Crippen MR) is 142 cm³/mol. The van der Waals surface area contributed by atoms with Crippen molar-refractivity contribution in [3.63, 3.8) is 0 Å². The zero-order valence-electron chi connectivity index (χ0n) is 22.5. The van der Waals surface area contributed by atoms with Gasteiger partial charge >= 0.3 is 5.97 Å². The Balaban J connectivity index is 1.48. The van der Waals surface area contributed by atoms with Crippen molar-refractivity contribution >= 4 is 5.97 Å². The van der Waals surface area contributed by atoms with Crippen molar-refractivity contribution in [2.45, 2.75) is 65.1 Å². The van der Waals surface area contributed by atoms with Gasteiger partial charge in [-0.05, 0) is 78.1 Å². The van der Waals surface area contributed by atoms with Crippen LogP contribution in [-0.2, 0) is 28.0 Å². The molecular weight excluding hydrogens is 486 g/mol. The van der Waals surface area contributed by atoms with Crippen LogP contribution in [0, 0.1) is 29.9 Å². The van der Waals surface area contributed by atoms with Gasteiger partial charge in [0.05, 0.1) is 12.0 Å². The molecule has 5 rings (SSSR count).